The molecule has 0 saturated heterocycles. The number of Topliss-reactive ketones (excluding diaryl/α,β-unsaturated/α-hetero) is 1. The van der Waals surface area contributed by atoms with Crippen molar-refractivity contribution >= 4 is 34.5 Å². The summed E-state index contributed by atoms with van der Waals surface area (Å²) in [6.07, 6.45) is 10.3. The Bertz CT molecular complexity index is 1100. The van der Waals surface area contributed by atoms with E-state index in [1.54, 1.807) is 0 Å². The van der Waals surface area contributed by atoms with E-state index < -0.39 is 42.0 Å². The number of aliphatic carboxylic acids is 1. The third-order valence-corrected chi connectivity index (χ3v) is 7.30. The zero-order valence-corrected chi connectivity index (χ0v) is 19.7. The van der Waals surface area contributed by atoms with Gasteiger partial charge in [0.25, 0.3) is 11.7 Å². The molecule has 1 aromatic heterocycles. The van der Waals surface area contributed by atoms with Crippen molar-refractivity contribution in [1.82, 2.24) is 15.2 Å². The number of carboxylic acid groups (broad SMARTS) is 1. The molecular formula is C26H32FN3O5. The zero-order chi connectivity index (χ0) is 24.9. The van der Waals surface area contributed by atoms with Crippen LogP contribution in [0.5, 0.6) is 0 Å². The highest BCUT2D eigenvalue weighted by molar-refractivity contribution is 6.45. The third kappa shape index (κ3) is 5.71. The standard InChI is InChI=1S/C26H32FN3O5/c27-17-11-12-21-19(13-17)20(14-28-21)24(33)26(35)30(15-22(31)32)23(16-7-3-1-4-8-16)25(34)29-18-9-5-2-6-10-18/h11-14,16,18,23,28H,1-10,15H2,(H,29,34)(H,31,32). The van der Waals surface area contributed by atoms with Crippen LogP contribution in [0.4, 0.5) is 4.39 Å². The molecule has 0 aliphatic heterocycles. The van der Waals surface area contributed by atoms with Gasteiger partial charge in [-0.05, 0) is 49.8 Å². The van der Waals surface area contributed by atoms with E-state index in [4.69, 9.17) is 0 Å². The van der Waals surface area contributed by atoms with Gasteiger partial charge in [0.1, 0.15) is 18.4 Å². The molecule has 1 unspecified atom stereocenters. The van der Waals surface area contributed by atoms with E-state index in [0.29, 0.717) is 18.4 Å². The van der Waals surface area contributed by atoms with Crippen LogP contribution < -0.4 is 5.32 Å². The molecule has 2 saturated carbocycles. The first-order valence-corrected chi connectivity index (χ1v) is 12.5. The molecule has 2 aliphatic rings. The van der Waals surface area contributed by atoms with Gasteiger partial charge in [-0.25, -0.2) is 4.39 Å². The lowest BCUT2D eigenvalue weighted by molar-refractivity contribution is -0.148. The number of fused-ring (bicyclic) bond motifs is 1. The maximum atomic E-state index is 13.8. The zero-order valence-electron chi connectivity index (χ0n) is 19.7. The van der Waals surface area contributed by atoms with Crippen molar-refractivity contribution in [3.8, 4) is 0 Å². The molecule has 0 bridgehead atoms. The number of amides is 2. The van der Waals surface area contributed by atoms with Gasteiger partial charge in [-0.3, -0.25) is 19.2 Å². The molecule has 9 heteroatoms. The minimum atomic E-state index is -1.30. The van der Waals surface area contributed by atoms with E-state index in [-0.39, 0.29) is 22.9 Å². The molecule has 1 atom stereocenters. The van der Waals surface area contributed by atoms with Gasteiger partial charge >= 0.3 is 5.97 Å². The molecule has 2 amide bonds. The van der Waals surface area contributed by atoms with Gasteiger partial charge in [-0.15, -0.1) is 0 Å². The number of carbonyl (C=O) groups excluding carboxylic acids is 3. The highest BCUT2D eigenvalue weighted by atomic mass is 19.1. The van der Waals surface area contributed by atoms with E-state index >= 15 is 0 Å². The lowest BCUT2D eigenvalue weighted by Crippen LogP contribution is -2.58. The number of halogens is 1. The number of aromatic nitrogens is 1. The van der Waals surface area contributed by atoms with Crippen molar-refractivity contribution in [2.45, 2.75) is 76.3 Å². The predicted octanol–water partition coefficient (Wildman–Crippen LogP) is 3.80. The first-order chi connectivity index (χ1) is 16.8. The molecule has 3 N–H and O–H groups in total. The number of nitrogens with one attached hydrogen (secondary N) is 2. The summed E-state index contributed by atoms with van der Waals surface area (Å²) in [6.45, 7) is -0.763. The van der Waals surface area contributed by atoms with Crippen LogP contribution >= 0.6 is 0 Å². The van der Waals surface area contributed by atoms with Crippen LogP contribution in [0.3, 0.4) is 0 Å². The smallest absolute Gasteiger partial charge is 0.323 e. The molecule has 1 aromatic carbocycles. The van der Waals surface area contributed by atoms with Gasteiger partial charge in [0.2, 0.25) is 5.91 Å². The molecule has 188 valence electrons. The van der Waals surface area contributed by atoms with Gasteiger partial charge in [0, 0.05) is 23.1 Å². The van der Waals surface area contributed by atoms with Crippen molar-refractivity contribution in [3.05, 3.63) is 35.8 Å². The summed E-state index contributed by atoms with van der Waals surface area (Å²) in [5.74, 6) is -4.52. The largest absolute Gasteiger partial charge is 0.480 e. The van der Waals surface area contributed by atoms with Gasteiger partial charge in [0.15, 0.2) is 0 Å². The van der Waals surface area contributed by atoms with Gasteiger partial charge in [-0.2, -0.15) is 0 Å². The number of rotatable bonds is 8. The van der Waals surface area contributed by atoms with Crippen LogP contribution in [0.15, 0.2) is 24.4 Å². The van der Waals surface area contributed by atoms with Crippen LogP contribution in [-0.2, 0) is 14.4 Å². The number of ketones is 1. The summed E-state index contributed by atoms with van der Waals surface area (Å²) in [5.41, 5.74) is 0.432. The Morgan fingerprint density at radius 2 is 1.69 bits per heavy atom. The highest BCUT2D eigenvalue weighted by Gasteiger charge is 2.41. The summed E-state index contributed by atoms with van der Waals surface area (Å²) in [5, 5.41) is 12.9. The molecule has 2 aliphatic carbocycles. The fraction of sp³-hybridized carbons (Fsp3) is 0.538. The van der Waals surface area contributed by atoms with E-state index in [9.17, 15) is 28.7 Å². The topological polar surface area (TPSA) is 120 Å². The molecular weight excluding hydrogens is 453 g/mol. The fourth-order valence-corrected chi connectivity index (χ4v) is 5.56. The Morgan fingerprint density at radius 3 is 2.34 bits per heavy atom. The molecule has 0 spiro atoms. The number of H-pyrrole nitrogens is 1. The van der Waals surface area contributed by atoms with Gasteiger partial charge in [-0.1, -0.05) is 38.5 Å². The Hall–Kier alpha value is -3.23. The summed E-state index contributed by atoms with van der Waals surface area (Å²) >= 11 is 0. The summed E-state index contributed by atoms with van der Waals surface area (Å²) in [6, 6.07) is 2.79. The lowest BCUT2D eigenvalue weighted by Gasteiger charge is -2.38. The normalized spacial score (nSPS) is 18.2. The van der Waals surface area contributed by atoms with Crippen molar-refractivity contribution in [2.24, 2.45) is 5.92 Å². The SMILES string of the molecule is O=C(O)CN(C(=O)C(=O)c1c[nH]c2ccc(F)cc12)C(C(=O)NC1CCCCC1)C1CCCCC1. The Kier molecular flexibility index (Phi) is 7.83. The number of benzene rings is 1. The van der Waals surface area contributed by atoms with Crippen LogP contribution in [0.2, 0.25) is 0 Å². The molecule has 35 heavy (non-hydrogen) atoms. The Balaban J connectivity index is 1.66. The first-order valence-electron chi connectivity index (χ1n) is 12.5. The average Bonchev–Trinajstić information content (AvgIpc) is 3.26. The van der Waals surface area contributed by atoms with Gasteiger partial charge in [0.05, 0.1) is 5.56 Å². The van der Waals surface area contributed by atoms with Gasteiger partial charge < -0.3 is 20.3 Å². The number of hydrogen-bond acceptors (Lipinski definition) is 4. The molecule has 0 radical (unpaired) electrons. The molecule has 2 aromatic rings. The molecule has 8 nitrogen and oxygen atoms in total. The quantitative estimate of drug-likeness (QED) is 0.388. The van der Waals surface area contributed by atoms with Crippen LogP contribution in [0.25, 0.3) is 10.9 Å². The Morgan fingerprint density at radius 1 is 1.03 bits per heavy atom. The monoisotopic (exact) mass is 485 g/mol. The number of nitrogens with zero attached hydrogens (tertiary/aromatic N) is 1. The summed E-state index contributed by atoms with van der Waals surface area (Å²) in [7, 11) is 0. The second-order valence-corrected chi connectivity index (χ2v) is 9.73. The third-order valence-electron chi connectivity index (χ3n) is 7.30. The van der Waals surface area contributed by atoms with Crippen LogP contribution in [0, 0.1) is 11.7 Å². The number of carboxylic acids is 1. The van der Waals surface area contributed by atoms with Crippen LogP contribution in [-0.4, -0.2) is 57.2 Å². The second kappa shape index (κ2) is 11.0. The molecule has 2 fully saturated rings. The Labute approximate surface area is 203 Å². The maximum Gasteiger partial charge on any atom is 0.323 e. The average molecular weight is 486 g/mol. The van der Waals surface area contributed by atoms with Crippen molar-refractivity contribution in [3.63, 3.8) is 0 Å². The van der Waals surface area contributed by atoms with Crippen molar-refractivity contribution in [1.29, 1.82) is 0 Å². The van der Waals surface area contributed by atoms with Crippen LogP contribution in [0.1, 0.15) is 74.6 Å². The number of hydrogen-bond donors (Lipinski definition) is 3. The minimum absolute atomic E-state index is 0.0172. The number of carbonyl (C=O) groups is 4. The summed E-state index contributed by atoms with van der Waals surface area (Å²) in [4.78, 5) is 55.9. The van der Waals surface area contributed by atoms with Crippen molar-refractivity contribution in [2.75, 3.05) is 6.54 Å². The maximum absolute atomic E-state index is 13.8. The second-order valence-electron chi connectivity index (χ2n) is 9.73. The van der Waals surface area contributed by atoms with E-state index in [2.05, 4.69) is 10.3 Å². The molecule has 1 heterocycles. The molecule has 4 rings (SSSR count). The lowest BCUT2D eigenvalue weighted by atomic mass is 9.82. The highest BCUT2D eigenvalue weighted by Crippen LogP contribution is 2.31. The van der Waals surface area contributed by atoms with Crippen molar-refractivity contribution < 1.29 is 28.7 Å². The summed E-state index contributed by atoms with van der Waals surface area (Å²) < 4.78 is 13.8. The van der Waals surface area contributed by atoms with E-state index in [0.717, 1.165) is 62.3 Å². The minimum Gasteiger partial charge on any atom is -0.480 e. The fourth-order valence-electron chi connectivity index (χ4n) is 5.56. The first kappa shape index (κ1) is 24.9. The van der Waals surface area contributed by atoms with E-state index in [1.807, 2.05) is 0 Å². The predicted molar refractivity (Wildman–Crippen MR) is 127 cm³/mol. The number of aromatic amines is 1. The van der Waals surface area contributed by atoms with E-state index in [1.165, 1.54) is 18.3 Å².